The van der Waals surface area contributed by atoms with Crippen LogP contribution in [0.3, 0.4) is 0 Å². The molecule has 0 saturated carbocycles. The second kappa shape index (κ2) is 8.39. The summed E-state index contributed by atoms with van der Waals surface area (Å²) in [5, 5.41) is 3.11. The summed E-state index contributed by atoms with van der Waals surface area (Å²) in [6.45, 7) is 4.78. The van der Waals surface area contributed by atoms with E-state index in [1.165, 1.54) is 33.5 Å². The van der Waals surface area contributed by atoms with Crippen LogP contribution in [-0.4, -0.2) is 32.5 Å². The van der Waals surface area contributed by atoms with Gasteiger partial charge in [0.2, 0.25) is 0 Å². The molecule has 0 fully saturated rings. The Bertz CT molecular complexity index is 1330. The number of thiophene rings is 1. The molecule has 0 aliphatic heterocycles. The Kier molecular flexibility index (Phi) is 5.43. The first-order chi connectivity index (χ1) is 15.5. The highest BCUT2D eigenvalue weighted by atomic mass is 32.1. The summed E-state index contributed by atoms with van der Waals surface area (Å²) in [6.07, 6.45) is 5.84. The molecule has 164 valence electrons. The van der Waals surface area contributed by atoms with E-state index in [0.29, 0.717) is 4.88 Å². The van der Waals surface area contributed by atoms with Crippen LogP contribution in [-0.2, 0) is 24.8 Å². The summed E-state index contributed by atoms with van der Waals surface area (Å²) in [6, 6.07) is 10.4. The van der Waals surface area contributed by atoms with E-state index in [4.69, 9.17) is 9.73 Å². The summed E-state index contributed by atoms with van der Waals surface area (Å²) < 4.78 is 10.0. The van der Waals surface area contributed by atoms with Crippen molar-refractivity contribution in [3.8, 4) is 0 Å². The number of aryl methyl sites for hydroxylation is 3. The van der Waals surface area contributed by atoms with Gasteiger partial charge in [0.05, 0.1) is 5.71 Å². The highest BCUT2D eigenvalue weighted by Crippen LogP contribution is 2.35. The molecule has 0 radical (unpaired) electrons. The van der Waals surface area contributed by atoms with Crippen LogP contribution in [0.2, 0.25) is 0 Å². The van der Waals surface area contributed by atoms with E-state index in [1.807, 2.05) is 37.7 Å². The monoisotopic (exact) mass is 446 g/mol. The summed E-state index contributed by atoms with van der Waals surface area (Å²) in [5.41, 5.74) is 5.65. The molecular weight excluding hydrogens is 420 g/mol. The number of hydrogen-bond donors (Lipinski definition) is 0. The molecule has 0 N–H and O–H groups in total. The predicted octanol–water partition coefficient (Wildman–Crippen LogP) is 4.92. The first-order valence-electron chi connectivity index (χ1n) is 10.8. The Hall–Kier alpha value is -3.19. The predicted molar refractivity (Wildman–Crippen MR) is 128 cm³/mol. The van der Waals surface area contributed by atoms with Crippen LogP contribution in [0.15, 0.2) is 53.1 Å². The first-order valence-corrected chi connectivity index (χ1v) is 11.7. The number of carbonyl (C=O) groups is 1. The smallest absolute Gasteiger partial charge is 0.350 e. The number of esters is 1. The van der Waals surface area contributed by atoms with Crippen molar-refractivity contribution in [2.75, 3.05) is 6.73 Å². The SMILES string of the molecule is Cc1ccsc1C(=O)OC/N=C1/c2c(n(C)c3ccccc23)CCC1Cn1ccnc1C. The van der Waals surface area contributed by atoms with Crippen molar-refractivity contribution in [3.63, 3.8) is 0 Å². The van der Waals surface area contributed by atoms with Gasteiger partial charge < -0.3 is 13.9 Å². The molecule has 1 aliphatic carbocycles. The third kappa shape index (κ3) is 3.56. The molecule has 3 heterocycles. The number of nitrogens with zero attached hydrogens (tertiary/aromatic N) is 4. The van der Waals surface area contributed by atoms with E-state index >= 15 is 0 Å². The van der Waals surface area contributed by atoms with E-state index < -0.39 is 0 Å². The van der Waals surface area contributed by atoms with Gasteiger partial charge in [0.1, 0.15) is 10.7 Å². The topological polar surface area (TPSA) is 61.4 Å². The summed E-state index contributed by atoms with van der Waals surface area (Å²) in [5.74, 6) is 0.911. The van der Waals surface area contributed by atoms with Gasteiger partial charge in [0.25, 0.3) is 0 Å². The van der Waals surface area contributed by atoms with E-state index in [1.54, 1.807) is 0 Å². The minimum absolute atomic E-state index is 0.0214. The number of hydrogen-bond acceptors (Lipinski definition) is 5. The lowest BCUT2D eigenvalue weighted by Crippen LogP contribution is -2.28. The number of fused-ring (bicyclic) bond motifs is 3. The largest absolute Gasteiger partial charge is 0.438 e. The Morgan fingerprint density at radius 3 is 2.88 bits per heavy atom. The number of imidazole rings is 1. The first kappa shape index (κ1) is 20.7. The van der Waals surface area contributed by atoms with Gasteiger partial charge in [0.15, 0.2) is 6.73 Å². The van der Waals surface area contributed by atoms with Gasteiger partial charge in [-0.3, -0.25) is 0 Å². The van der Waals surface area contributed by atoms with Gasteiger partial charge in [0, 0.05) is 54.1 Å². The zero-order valence-corrected chi connectivity index (χ0v) is 19.4. The van der Waals surface area contributed by atoms with Crippen molar-refractivity contribution in [1.29, 1.82) is 0 Å². The highest BCUT2D eigenvalue weighted by molar-refractivity contribution is 7.12. The second-order valence-electron chi connectivity index (χ2n) is 8.30. The lowest BCUT2D eigenvalue weighted by molar-refractivity contribution is 0.0522. The molecule has 1 aliphatic rings. The number of benzene rings is 1. The number of para-hydroxylation sites is 1. The van der Waals surface area contributed by atoms with Crippen molar-refractivity contribution < 1.29 is 9.53 Å². The van der Waals surface area contributed by atoms with Crippen molar-refractivity contribution >= 4 is 33.9 Å². The van der Waals surface area contributed by atoms with Gasteiger partial charge in [-0.15, -0.1) is 11.3 Å². The fourth-order valence-electron chi connectivity index (χ4n) is 4.70. The average Bonchev–Trinajstić information content (AvgIpc) is 3.48. The fourth-order valence-corrected chi connectivity index (χ4v) is 5.52. The van der Waals surface area contributed by atoms with Crippen LogP contribution in [0.25, 0.3) is 10.9 Å². The summed E-state index contributed by atoms with van der Waals surface area (Å²) in [4.78, 5) is 22.4. The van der Waals surface area contributed by atoms with E-state index in [2.05, 4.69) is 45.4 Å². The van der Waals surface area contributed by atoms with Gasteiger partial charge in [-0.05, 0) is 49.8 Å². The molecule has 1 aromatic carbocycles. The summed E-state index contributed by atoms with van der Waals surface area (Å²) in [7, 11) is 2.12. The van der Waals surface area contributed by atoms with E-state index in [9.17, 15) is 4.79 Å². The normalized spacial score (nSPS) is 17.1. The van der Waals surface area contributed by atoms with Crippen molar-refractivity contribution in [2.24, 2.45) is 18.0 Å². The van der Waals surface area contributed by atoms with E-state index in [0.717, 1.165) is 36.5 Å². The van der Waals surface area contributed by atoms with Crippen LogP contribution >= 0.6 is 11.3 Å². The maximum atomic E-state index is 12.5. The minimum atomic E-state index is -0.308. The van der Waals surface area contributed by atoms with Crippen molar-refractivity contribution in [3.05, 3.63) is 75.6 Å². The maximum absolute atomic E-state index is 12.5. The lowest BCUT2D eigenvalue weighted by Gasteiger charge is -2.26. The van der Waals surface area contributed by atoms with Crippen LogP contribution < -0.4 is 0 Å². The molecule has 0 spiro atoms. The number of rotatable bonds is 5. The molecule has 0 bridgehead atoms. The summed E-state index contributed by atoms with van der Waals surface area (Å²) >= 11 is 1.41. The van der Waals surface area contributed by atoms with Crippen molar-refractivity contribution in [1.82, 2.24) is 14.1 Å². The molecule has 5 rings (SSSR count). The van der Waals surface area contributed by atoms with Crippen LogP contribution in [0, 0.1) is 19.8 Å². The van der Waals surface area contributed by atoms with Gasteiger partial charge in [-0.2, -0.15) is 0 Å². The number of carbonyl (C=O) groups excluding carboxylic acids is 1. The molecular formula is C25H26N4O2S. The molecule has 1 atom stereocenters. The average molecular weight is 447 g/mol. The third-order valence-electron chi connectivity index (χ3n) is 6.42. The number of aliphatic imine (C=N–C) groups is 1. The highest BCUT2D eigenvalue weighted by Gasteiger charge is 2.30. The van der Waals surface area contributed by atoms with Crippen LogP contribution in [0.1, 0.15) is 38.7 Å². The zero-order valence-electron chi connectivity index (χ0n) is 18.5. The molecule has 0 amide bonds. The fraction of sp³-hybridized carbons (Fsp3) is 0.320. The lowest BCUT2D eigenvalue weighted by atomic mass is 9.84. The molecule has 6 nitrogen and oxygen atoms in total. The van der Waals surface area contributed by atoms with Gasteiger partial charge >= 0.3 is 5.97 Å². The standard InChI is InChI=1S/C25H26N4O2S/c1-16-10-13-32-24(16)25(30)31-15-27-23-18(14-29-12-11-26-17(29)2)8-9-21-22(23)19-6-4-5-7-20(19)28(21)3/h4-7,10-13,18H,8-9,14-15H2,1-3H3/b27-23+. The second-order valence-corrected chi connectivity index (χ2v) is 9.21. The quantitative estimate of drug-likeness (QED) is 0.409. The molecule has 3 aromatic heterocycles. The number of aromatic nitrogens is 3. The molecule has 1 unspecified atom stereocenters. The Labute approximate surface area is 191 Å². The van der Waals surface area contributed by atoms with Crippen LogP contribution in [0.5, 0.6) is 0 Å². The maximum Gasteiger partial charge on any atom is 0.350 e. The Balaban J connectivity index is 1.51. The molecule has 0 saturated heterocycles. The van der Waals surface area contributed by atoms with Crippen LogP contribution in [0.4, 0.5) is 0 Å². The van der Waals surface area contributed by atoms with Crippen molar-refractivity contribution in [2.45, 2.75) is 33.2 Å². The molecule has 4 aromatic rings. The van der Waals surface area contributed by atoms with Gasteiger partial charge in [-0.1, -0.05) is 18.2 Å². The van der Waals surface area contributed by atoms with Gasteiger partial charge in [-0.25, -0.2) is 14.8 Å². The zero-order chi connectivity index (χ0) is 22.2. The van der Waals surface area contributed by atoms with E-state index in [-0.39, 0.29) is 18.6 Å². The Morgan fingerprint density at radius 1 is 1.28 bits per heavy atom. The third-order valence-corrected chi connectivity index (χ3v) is 7.42. The molecule has 32 heavy (non-hydrogen) atoms. The number of ether oxygens (including phenoxy) is 1. The Morgan fingerprint density at radius 2 is 2.12 bits per heavy atom. The minimum Gasteiger partial charge on any atom is -0.438 e. The molecule has 7 heteroatoms.